The Morgan fingerprint density at radius 3 is 2.67 bits per heavy atom. The molecule has 0 aromatic heterocycles. The van der Waals surface area contributed by atoms with Gasteiger partial charge in [0.15, 0.2) is 11.6 Å². The van der Waals surface area contributed by atoms with Gasteiger partial charge in [0.1, 0.15) is 12.4 Å². The SMILES string of the molecule is Cc1cc(OCc2cccc(F)c2F)ccc1N. The number of benzene rings is 2. The van der Waals surface area contributed by atoms with E-state index in [1.54, 1.807) is 18.2 Å². The third-order valence-electron chi connectivity index (χ3n) is 2.67. The Morgan fingerprint density at radius 1 is 1.17 bits per heavy atom. The molecule has 4 heteroatoms. The molecule has 94 valence electrons. The number of rotatable bonds is 3. The summed E-state index contributed by atoms with van der Waals surface area (Å²) < 4.78 is 31.7. The van der Waals surface area contributed by atoms with Crippen molar-refractivity contribution in [3.05, 3.63) is 59.2 Å². The Morgan fingerprint density at radius 2 is 1.94 bits per heavy atom. The zero-order valence-electron chi connectivity index (χ0n) is 9.91. The number of nitrogens with two attached hydrogens (primary N) is 1. The molecule has 2 aromatic rings. The van der Waals surface area contributed by atoms with E-state index in [-0.39, 0.29) is 12.2 Å². The standard InChI is InChI=1S/C14H13F2NO/c1-9-7-11(5-6-13(9)17)18-8-10-3-2-4-12(15)14(10)16/h2-7H,8,17H2,1H3. The summed E-state index contributed by atoms with van der Waals surface area (Å²) in [5.74, 6) is -1.17. The third-order valence-corrected chi connectivity index (χ3v) is 2.67. The van der Waals surface area contributed by atoms with Crippen LogP contribution in [0.5, 0.6) is 5.75 Å². The highest BCUT2D eigenvalue weighted by Gasteiger charge is 2.08. The molecule has 2 nitrogen and oxygen atoms in total. The zero-order chi connectivity index (χ0) is 13.1. The summed E-state index contributed by atoms with van der Waals surface area (Å²) in [5.41, 5.74) is 7.41. The number of ether oxygens (including phenoxy) is 1. The highest BCUT2D eigenvalue weighted by molar-refractivity contribution is 5.49. The van der Waals surface area contributed by atoms with E-state index in [0.717, 1.165) is 11.6 Å². The number of hydrogen-bond donors (Lipinski definition) is 1. The van der Waals surface area contributed by atoms with Crippen molar-refractivity contribution in [2.24, 2.45) is 0 Å². The van der Waals surface area contributed by atoms with Crippen molar-refractivity contribution >= 4 is 5.69 Å². The van der Waals surface area contributed by atoms with Gasteiger partial charge in [-0.05, 0) is 36.8 Å². The lowest BCUT2D eigenvalue weighted by atomic mass is 10.2. The summed E-state index contributed by atoms with van der Waals surface area (Å²) in [7, 11) is 0. The average Bonchev–Trinajstić information content (AvgIpc) is 2.35. The van der Waals surface area contributed by atoms with Gasteiger partial charge in [0, 0.05) is 11.3 Å². The van der Waals surface area contributed by atoms with Crippen LogP contribution >= 0.6 is 0 Å². The molecule has 0 bridgehead atoms. The van der Waals surface area contributed by atoms with E-state index in [4.69, 9.17) is 10.5 Å². The van der Waals surface area contributed by atoms with Gasteiger partial charge in [-0.15, -0.1) is 0 Å². The predicted molar refractivity (Wildman–Crippen MR) is 66.3 cm³/mol. The van der Waals surface area contributed by atoms with Crippen LogP contribution in [0.25, 0.3) is 0 Å². The number of halogens is 2. The molecular formula is C14H13F2NO. The molecule has 0 heterocycles. The largest absolute Gasteiger partial charge is 0.489 e. The van der Waals surface area contributed by atoms with Gasteiger partial charge in [-0.2, -0.15) is 0 Å². The molecule has 0 aliphatic rings. The van der Waals surface area contributed by atoms with Crippen LogP contribution in [-0.2, 0) is 6.61 Å². The lowest BCUT2D eigenvalue weighted by Gasteiger charge is -2.09. The fourth-order valence-corrected chi connectivity index (χ4v) is 1.56. The molecule has 0 saturated heterocycles. The maximum atomic E-state index is 13.4. The van der Waals surface area contributed by atoms with Crippen molar-refractivity contribution in [1.29, 1.82) is 0 Å². The highest BCUT2D eigenvalue weighted by atomic mass is 19.2. The molecule has 2 aromatic carbocycles. The minimum Gasteiger partial charge on any atom is -0.489 e. The minimum atomic E-state index is -0.871. The lowest BCUT2D eigenvalue weighted by Crippen LogP contribution is -2.01. The Kier molecular flexibility index (Phi) is 3.46. The van der Waals surface area contributed by atoms with Crippen molar-refractivity contribution in [3.8, 4) is 5.75 Å². The summed E-state index contributed by atoms with van der Waals surface area (Å²) in [4.78, 5) is 0. The number of aryl methyl sites for hydroxylation is 1. The first kappa shape index (κ1) is 12.4. The van der Waals surface area contributed by atoms with Gasteiger partial charge in [0.05, 0.1) is 0 Å². The Hall–Kier alpha value is -2.10. The maximum absolute atomic E-state index is 13.4. The van der Waals surface area contributed by atoms with E-state index in [1.807, 2.05) is 6.92 Å². The van der Waals surface area contributed by atoms with Crippen molar-refractivity contribution in [2.75, 3.05) is 5.73 Å². The summed E-state index contributed by atoms with van der Waals surface area (Å²) >= 11 is 0. The monoisotopic (exact) mass is 249 g/mol. The molecule has 0 saturated carbocycles. The summed E-state index contributed by atoms with van der Waals surface area (Å²) in [6.07, 6.45) is 0. The van der Waals surface area contributed by atoms with Crippen LogP contribution < -0.4 is 10.5 Å². The zero-order valence-corrected chi connectivity index (χ0v) is 9.91. The normalized spacial score (nSPS) is 10.4. The minimum absolute atomic E-state index is 0.0209. The second-order valence-corrected chi connectivity index (χ2v) is 4.02. The smallest absolute Gasteiger partial charge is 0.165 e. The van der Waals surface area contributed by atoms with E-state index in [1.165, 1.54) is 12.1 Å². The molecule has 0 spiro atoms. The van der Waals surface area contributed by atoms with Crippen LogP contribution in [0, 0.1) is 18.6 Å². The molecule has 0 atom stereocenters. The van der Waals surface area contributed by atoms with Crippen molar-refractivity contribution < 1.29 is 13.5 Å². The van der Waals surface area contributed by atoms with Crippen molar-refractivity contribution in [2.45, 2.75) is 13.5 Å². The molecule has 0 amide bonds. The van der Waals surface area contributed by atoms with E-state index in [0.29, 0.717) is 11.4 Å². The first-order valence-electron chi connectivity index (χ1n) is 5.50. The fourth-order valence-electron chi connectivity index (χ4n) is 1.56. The van der Waals surface area contributed by atoms with Gasteiger partial charge < -0.3 is 10.5 Å². The van der Waals surface area contributed by atoms with E-state index in [2.05, 4.69) is 0 Å². The number of nitrogen functional groups attached to an aromatic ring is 1. The van der Waals surface area contributed by atoms with Gasteiger partial charge in [-0.25, -0.2) is 8.78 Å². The lowest BCUT2D eigenvalue weighted by molar-refractivity contribution is 0.297. The van der Waals surface area contributed by atoms with E-state index < -0.39 is 11.6 Å². The fraction of sp³-hybridized carbons (Fsp3) is 0.143. The van der Waals surface area contributed by atoms with Crippen LogP contribution in [0.1, 0.15) is 11.1 Å². The van der Waals surface area contributed by atoms with Gasteiger partial charge in [0.25, 0.3) is 0 Å². The van der Waals surface area contributed by atoms with Crippen molar-refractivity contribution in [1.82, 2.24) is 0 Å². The number of hydrogen-bond acceptors (Lipinski definition) is 2. The molecule has 18 heavy (non-hydrogen) atoms. The second-order valence-electron chi connectivity index (χ2n) is 4.02. The first-order chi connectivity index (χ1) is 8.58. The molecule has 0 unspecified atom stereocenters. The molecule has 0 aliphatic carbocycles. The van der Waals surface area contributed by atoms with Crippen LogP contribution in [0.3, 0.4) is 0 Å². The molecule has 0 aliphatic heterocycles. The predicted octanol–water partition coefficient (Wildman–Crippen LogP) is 3.43. The van der Waals surface area contributed by atoms with Gasteiger partial charge in [-0.1, -0.05) is 12.1 Å². The van der Waals surface area contributed by atoms with Crippen LogP contribution in [0.4, 0.5) is 14.5 Å². The van der Waals surface area contributed by atoms with Gasteiger partial charge in [-0.3, -0.25) is 0 Å². The Labute approximate surface area is 104 Å². The average molecular weight is 249 g/mol. The second kappa shape index (κ2) is 5.04. The highest BCUT2D eigenvalue weighted by Crippen LogP contribution is 2.20. The topological polar surface area (TPSA) is 35.2 Å². The van der Waals surface area contributed by atoms with E-state index >= 15 is 0 Å². The molecule has 0 fully saturated rings. The van der Waals surface area contributed by atoms with Crippen LogP contribution in [-0.4, -0.2) is 0 Å². The van der Waals surface area contributed by atoms with Gasteiger partial charge in [0.2, 0.25) is 0 Å². The first-order valence-corrected chi connectivity index (χ1v) is 5.50. The maximum Gasteiger partial charge on any atom is 0.165 e. The molecule has 2 N–H and O–H groups in total. The molecular weight excluding hydrogens is 236 g/mol. The Balaban J connectivity index is 2.11. The third kappa shape index (κ3) is 2.59. The Bertz CT molecular complexity index is 570. The summed E-state index contributed by atoms with van der Waals surface area (Å²) in [6, 6.07) is 9.18. The summed E-state index contributed by atoms with van der Waals surface area (Å²) in [5, 5.41) is 0. The van der Waals surface area contributed by atoms with Crippen molar-refractivity contribution in [3.63, 3.8) is 0 Å². The molecule has 2 rings (SSSR count). The van der Waals surface area contributed by atoms with Gasteiger partial charge >= 0.3 is 0 Å². The molecule has 0 radical (unpaired) electrons. The van der Waals surface area contributed by atoms with Crippen LogP contribution in [0.2, 0.25) is 0 Å². The summed E-state index contributed by atoms with van der Waals surface area (Å²) in [6.45, 7) is 1.83. The van der Waals surface area contributed by atoms with E-state index in [9.17, 15) is 8.78 Å². The van der Waals surface area contributed by atoms with Crippen LogP contribution in [0.15, 0.2) is 36.4 Å². The quantitative estimate of drug-likeness (QED) is 0.846. The number of anilines is 1.